The van der Waals surface area contributed by atoms with Gasteiger partial charge in [-0.3, -0.25) is 9.59 Å². The first-order valence-corrected chi connectivity index (χ1v) is 9.42. The summed E-state index contributed by atoms with van der Waals surface area (Å²) in [5.41, 5.74) is 2.57. The molecule has 1 fully saturated rings. The number of esters is 1. The third kappa shape index (κ3) is 5.19. The summed E-state index contributed by atoms with van der Waals surface area (Å²) in [4.78, 5) is 37.0. The van der Waals surface area contributed by atoms with E-state index in [0.717, 1.165) is 24.7 Å². The lowest BCUT2D eigenvalue weighted by Gasteiger charge is -2.32. The van der Waals surface area contributed by atoms with Crippen molar-refractivity contribution in [3.8, 4) is 0 Å². The van der Waals surface area contributed by atoms with Crippen LogP contribution in [0.3, 0.4) is 0 Å². The molecule has 1 amide bonds. The quantitative estimate of drug-likeness (QED) is 0.613. The van der Waals surface area contributed by atoms with Gasteiger partial charge in [0.15, 0.2) is 6.61 Å². The Bertz CT molecular complexity index is 823. The molecule has 0 aromatic heterocycles. The van der Waals surface area contributed by atoms with Crippen molar-refractivity contribution in [2.45, 2.75) is 19.8 Å². The molecule has 0 saturated carbocycles. The van der Waals surface area contributed by atoms with Crippen molar-refractivity contribution in [1.82, 2.24) is 0 Å². The molecular formula is C22H24N2O4. The zero-order chi connectivity index (χ0) is 19.9. The smallest absolute Gasteiger partial charge is 0.338 e. The van der Waals surface area contributed by atoms with Gasteiger partial charge in [-0.05, 0) is 55.2 Å². The van der Waals surface area contributed by atoms with E-state index >= 15 is 0 Å². The van der Waals surface area contributed by atoms with Crippen LogP contribution in [0, 0.1) is 5.92 Å². The van der Waals surface area contributed by atoms with Crippen molar-refractivity contribution in [2.24, 2.45) is 5.92 Å². The molecule has 0 aliphatic carbocycles. The van der Waals surface area contributed by atoms with Crippen LogP contribution in [0.15, 0.2) is 48.5 Å². The maximum absolute atomic E-state index is 12.0. The topological polar surface area (TPSA) is 75.7 Å². The number of benzene rings is 2. The average molecular weight is 380 g/mol. The maximum Gasteiger partial charge on any atom is 0.338 e. The standard InChI is InChI=1S/C22H24N2O4/c1-16-10-12-24(13-11-16)20-8-6-19(7-9-20)23-21(26)15-28-22(27)18-4-2-17(14-25)3-5-18/h2-9,14,16H,10-13,15H2,1H3,(H,23,26). The monoisotopic (exact) mass is 380 g/mol. The normalized spacial score (nSPS) is 14.4. The summed E-state index contributed by atoms with van der Waals surface area (Å²) in [7, 11) is 0. The van der Waals surface area contributed by atoms with Crippen LogP contribution in [0.25, 0.3) is 0 Å². The van der Waals surface area contributed by atoms with Crippen LogP contribution in [-0.4, -0.2) is 37.9 Å². The number of aldehydes is 1. The lowest BCUT2D eigenvalue weighted by molar-refractivity contribution is -0.119. The van der Waals surface area contributed by atoms with E-state index in [1.165, 1.54) is 37.1 Å². The fraction of sp³-hybridized carbons (Fsp3) is 0.318. The minimum Gasteiger partial charge on any atom is -0.452 e. The van der Waals surface area contributed by atoms with Crippen LogP contribution in [-0.2, 0) is 9.53 Å². The first kappa shape index (κ1) is 19.6. The molecule has 1 aliphatic heterocycles. The Hall–Kier alpha value is -3.15. The van der Waals surface area contributed by atoms with Gasteiger partial charge in [-0.25, -0.2) is 4.79 Å². The lowest BCUT2D eigenvalue weighted by Crippen LogP contribution is -2.32. The molecule has 1 saturated heterocycles. The van der Waals surface area contributed by atoms with Crippen LogP contribution in [0.5, 0.6) is 0 Å². The van der Waals surface area contributed by atoms with Crippen molar-refractivity contribution < 1.29 is 19.1 Å². The van der Waals surface area contributed by atoms with E-state index in [0.29, 0.717) is 23.1 Å². The van der Waals surface area contributed by atoms with E-state index in [1.54, 1.807) is 0 Å². The van der Waals surface area contributed by atoms with Crippen molar-refractivity contribution in [2.75, 3.05) is 29.9 Å². The molecule has 1 heterocycles. The Kier molecular flexibility index (Phi) is 6.42. The molecule has 2 aromatic carbocycles. The number of piperidine rings is 1. The number of nitrogens with zero attached hydrogens (tertiary/aromatic N) is 1. The maximum atomic E-state index is 12.0. The Morgan fingerprint density at radius 1 is 1.07 bits per heavy atom. The Morgan fingerprint density at radius 2 is 1.71 bits per heavy atom. The molecule has 0 spiro atoms. The molecule has 0 atom stereocenters. The van der Waals surface area contributed by atoms with E-state index in [1.807, 2.05) is 24.3 Å². The second kappa shape index (κ2) is 9.17. The van der Waals surface area contributed by atoms with Crippen LogP contribution in [0.2, 0.25) is 0 Å². The van der Waals surface area contributed by atoms with Crippen molar-refractivity contribution in [3.05, 3.63) is 59.7 Å². The highest BCUT2D eigenvalue weighted by atomic mass is 16.5. The first-order chi connectivity index (χ1) is 13.5. The Balaban J connectivity index is 1.47. The predicted molar refractivity (Wildman–Crippen MR) is 108 cm³/mol. The molecule has 146 valence electrons. The number of anilines is 2. The molecule has 6 nitrogen and oxygen atoms in total. The highest BCUT2D eigenvalue weighted by Gasteiger charge is 2.16. The van der Waals surface area contributed by atoms with Crippen LogP contribution >= 0.6 is 0 Å². The molecule has 0 radical (unpaired) electrons. The zero-order valence-electron chi connectivity index (χ0n) is 15.9. The van der Waals surface area contributed by atoms with Crippen LogP contribution in [0.4, 0.5) is 11.4 Å². The zero-order valence-corrected chi connectivity index (χ0v) is 15.9. The molecular weight excluding hydrogens is 356 g/mol. The molecule has 1 aliphatic rings. The minimum absolute atomic E-state index is 0.290. The van der Waals surface area contributed by atoms with E-state index in [9.17, 15) is 14.4 Å². The number of ether oxygens (including phenoxy) is 1. The molecule has 0 bridgehead atoms. The molecule has 6 heteroatoms. The summed E-state index contributed by atoms with van der Waals surface area (Å²) in [5.74, 6) is -0.236. The van der Waals surface area contributed by atoms with Gasteiger partial charge in [0.05, 0.1) is 5.56 Å². The molecule has 28 heavy (non-hydrogen) atoms. The second-order valence-corrected chi connectivity index (χ2v) is 7.08. The number of hydrogen-bond acceptors (Lipinski definition) is 5. The van der Waals surface area contributed by atoms with Crippen LogP contribution in [0.1, 0.15) is 40.5 Å². The third-order valence-corrected chi connectivity index (χ3v) is 4.92. The fourth-order valence-electron chi connectivity index (χ4n) is 3.13. The third-order valence-electron chi connectivity index (χ3n) is 4.92. The number of nitrogens with one attached hydrogen (secondary N) is 1. The summed E-state index contributed by atoms with van der Waals surface area (Å²) < 4.78 is 5.02. The van der Waals surface area contributed by atoms with Gasteiger partial charge in [-0.2, -0.15) is 0 Å². The summed E-state index contributed by atoms with van der Waals surface area (Å²) in [6, 6.07) is 13.7. The number of amides is 1. The Labute approximate surface area is 164 Å². The molecule has 1 N–H and O–H groups in total. The Morgan fingerprint density at radius 3 is 2.32 bits per heavy atom. The second-order valence-electron chi connectivity index (χ2n) is 7.08. The van der Waals surface area contributed by atoms with Gasteiger partial charge >= 0.3 is 5.97 Å². The number of carbonyl (C=O) groups is 3. The average Bonchev–Trinajstić information content (AvgIpc) is 2.73. The SMILES string of the molecule is CC1CCN(c2ccc(NC(=O)COC(=O)c3ccc(C=O)cc3)cc2)CC1. The van der Waals surface area contributed by atoms with E-state index < -0.39 is 11.9 Å². The first-order valence-electron chi connectivity index (χ1n) is 9.42. The van der Waals surface area contributed by atoms with E-state index in [-0.39, 0.29) is 6.61 Å². The number of carbonyl (C=O) groups excluding carboxylic acids is 3. The highest BCUT2D eigenvalue weighted by molar-refractivity contribution is 5.95. The van der Waals surface area contributed by atoms with Crippen LogP contribution < -0.4 is 10.2 Å². The summed E-state index contributed by atoms with van der Waals surface area (Å²) in [6.07, 6.45) is 3.09. The van der Waals surface area contributed by atoms with Gasteiger partial charge in [0.25, 0.3) is 5.91 Å². The molecule has 2 aromatic rings. The van der Waals surface area contributed by atoms with Gasteiger partial charge in [-0.1, -0.05) is 19.1 Å². The predicted octanol–water partition coefficient (Wildman–Crippen LogP) is 3.53. The minimum atomic E-state index is -0.609. The van der Waals surface area contributed by atoms with Gasteiger partial charge in [0.2, 0.25) is 0 Å². The van der Waals surface area contributed by atoms with Gasteiger partial charge < -0.3 is 15.0 Å². The van der Waals surface area contributed by atoms with Crippen molar-refractivity contribution in [3.63, 3.8) is 0 Å². The summed E-state index contributed by atoms with van der Waals surface area (Å²) in [6.45, 7) is 4.01. The highest BCUT2D eigenvalue weighted by Crippen LogP contribution is 2.24. The summed E-state index contributed by atoms with van der Waals surface area (Å²) >= 11 is 0. The summed E-state index contributed by atoms with van der Waals surface area (Å²) in [5, 5.41) is 2.72. The van der Waals surface area contributed by atoms with Crippen molar-refractivity contribution in [1.29, 1.82) is 0 Å². The molecule has 3 rings (SSSR count). The van der Waals surface area contributed by atoms with Gasteiger partial charge in [0.1, 0.15) is 6.29 Å². The number of hydrogen-bond donors (Lipinski definition) is 1. The van der Waals surface area contributed by atoms with Crippen molar-refractivity contribution >= 4 is 29.5 Å². The fourth-order valence-corrected chi connectivity index (χ4v) is 3.13. The van der Waals surface area contributed by atoms with E-state index in [2.05, 4.69) is 17.1 Å². The number of rotatable bonds is 6. The van der Waals surface area contributed by atoms with Gasteiger partial charge in [-0.15, -0.1) is 0 Å². The molecule has 0 unspecified atom stereocenters. The van der Waals surface area contributed by atoms with Gasteiger partial charge in [0, 0.05) is 30.0 Å². The largest absolute Gasteiger partial charge is 0.452 e. The van der Waals surface area contributed by atoms with E-state index in [4.69, 9.17) is 4.74 Å². The lowest BCUT2D eigenvalue weighted by atomic mass is 9.99.